The van der Waals surface area contributed by atoms with Crippen molar-refractivity contribution in [3.8, 4) is 22.6 Å². The van der Waals surface area contributed by atoms with E-state index >= 15 is 0 Å². The molecule has 0 bridgehead atoms. The van der Waals surface area contributed by atoms with Crippen LogP contribution in [-0.2, 0) is 16.1 Å². The van der Waals surface area contributed by atoms with Crippen molar-refractivity contribution in [2.75, 3.05) is 32.8 Å². The number of ether oxygens (including phenoxy) is 1. The summed E-state index contributed by atoms with van der Waals surface area (Å²) in [6, 6.07) is 12.7. The third kappa shape index (κ3) is 7.45. The quantitative estimate of drug-likeness (QED) is 0.169. The average molecular weight is 654 g/mol. The first-order chi connectivity index (χ1) is 22.7. The summed E-state index contributed by atoms with van der Waals surface area (Å²) in [5.41, 5.74) is 7.57. The number of thioether (sulfide) groups is 1. The van der Waals surface area contributed by atoms with Crippen LogP contribution in [0.3, 0.4) is 0 Å². The number of aromatic carboxylic acids is 1. The maximum atomic E-state index is 13.7. The lowest BCUT2D eigenvalue weighted by atomic mass is 9.83. The molecular weight excluding hydrogens is 611 g/mol. The molecule has 1 aromatic carbocycles. The van der Waals surface area contributed by atoms with Crippen LogP contribution in [0, 0.1) is 0 Å². The third-order valence-electron chi connectivity index (χ3n) is 8.99. The number of benzene rings is 1. The van der Waals surface area contributed by atoms with Crippen LogP contribution < -0.4 is 0 Å². The molecule has 2 aliphatic rings. The number of hydrogen-bond donors (Lipinski definition) is 2. The summed E-state index contributed by atoms with van der Waals surface area (Å²) < 4.78 is 7.58. The maximum absolute atomic E-state index is 13.7. The van der Waals surface area contributed by atoms with Crippen LogP contribution in [0.4, 0.5) is 0 Å². The lowest BCUT2D eigenvalue weighted by Gasteiger charge is -2.26. The highest BCUT2D eigenvalue weighted by molar-refractivity contribution is 8.11. The van der Waals surface area contributed by atoms with E-state index in [0.717, 1.165) is 82.1 Å². The Bertz CT molecular complexity index is 1840. The first kappa shape index (κ1) is 32.9. The zero-order valence-electron chi connectivity index (χ0n) is 27.5. The molecule has 1 aliphatic heterocycles. The number of imidazole rings is 1. The number of allylic oxidation sites excluding steroid dienone is 2. The Labute approximate surface area is 280 Å². The number of ketones is 1. The number of carbonyl (C=O) groups is 2. The fraction of sp³-hybridized carbons (Fsp3) is 0.405. The van der Waals surface area contributed by atoms with Crippen molar-refractivity contribution in [1.82, 2.24) is 24.4 Å². The molecule has 6 rings (SSSR count). The van der Waals surface area contributed by atoms with Crippen LogP contribution >= 0.6 is 11.8 Å². The summed E-state index contributed by atoms with van der Waals surface area (Å²) in [4.78, 5) is 41.9. The highest BCUT2D eigenvalue weighted by Crippen LogP contribution is 2.43. The second-order valence-electron chi connectivity index (χ2n) is 12.9. The van der Waals surface area contributed by atoms with E-state index < -0.39 is 5.97 Å². The third-order valence-corrected chi connectivity index (χ3v) is 10.2. The van der Waals surface area contributed by atoms with Crippen LogP contribution in [-0.4, -0.2) is 74.1 Å². The van der Waals surface area contributed by atoms with Crippen LogP contribution in [0.15, 0.2) is 59.7 Å². The number of pyridine rings is 1. The zero-order valence-corrected chi connectivity index (χ0v) is 28.3. The Morgan fingerprint density at radius 3 is 2.49 bits per heavy atom. The van der Waals surface area contributed by atoms with Gasteiger partial charge in [-0.2, -0.15) is 0 Å². The highest BCUT2D eigenvalue weighted by atomic mass is 32.2. The first-order valence-electron chi connectivity index (χ1n) is 16.4. The standard InChI is InChI=1S/C37H43N5O4S/c1-23(2)35(47-24(3)4)31-13-10-26-18-27(11-12-30(26)39-31)34-29(25-8-6-5-7-9-25)19-33(32-20-38-36(40-32)37(44)45)42(34)22-28(43)21-41-14-16-46-17-15-41/h10-13,18-20,25H,3,5-9,14-17,21-22H2,1-2,4H3,(H,38,40)(H,44,45). The first-order valence-corrected chi connectivity index (χ1v) is 17.3. The zero-order chi connectivity index (χ0) is 33.1. The Morgan fingerprint density at radius 2 is 1.81 bits per heavy atom. The number of hydrogen-bond acceptors (Lipinski definition) is 7. The normalized spacial score (nSPS) is 16.0. The van der Waals surface area contributed by atoms with Gasteiger partial charge in [0.25, 0.3) is 0 Å². The molecule has 0 amide bonds. The van der Waals surface area contributed by atoms with E-state index in [-0.39, 0.29) is 18.2 Å². The summed E-state index contributed by atoms with van der Waals surface area (Å²) in [5.74, 6) is -0.814. The van der Waals surface area contributed by atoms with Gasteiger partial charge in [0.15, 0.2) is 5.78 Å². The van der Waals surface area contributed by atoms with E-state index in [1.54, 1.807) is 18.0 Å². The van der Waals surface area contributed by atoms with E-state index in [2.05, 4.69) is 76.3 Å². The molecule has 47 heavy (non-hydrogen) atoms. The molecule has 4 aromatic rings. The van der Waals surface area contributed by atoms with Gasteiger partial charge >= 0.3 is 5.97 Å². The number of carbonyl (C=O) groups excluding carboxylic acids is 1. The summed E-state index contributed by atoms with van der Waals surface area (Å²) in [5, 5.41) is 10.6. The Balaban J connectivity index is 1.48. The molecule has 0 spiro atoms. The number of fused-ring (bicyclic) bond motifs is 1. The van der Waals surface area contributed by atoms with Gasteiger partial charge < -0.3 is 19.4 Å². The van der Waals surface area contributed by atoms with Crippen LogP contribution in [0.1, 0.15) is 80.7 Å². The summed E-state index contributed by atoms with van der Waals surface area (Å²) in [7, 11) is 0. The van der Waals surface area contributed by atoms with E-state index in [1.807, 2.05) is 6.92 Å². The molecule has 1 saturated carbocycles. The molecule has 3 aromatic heterocycles. The van der Waals surface area contributed by atoms with E-state index in [9.17, 15) is 14.7 Å². The summed E-state index contributed by atoms with van der Waals surface area (Å²) in [6.45, 7) is 13.5. The lowest BCUT2D eigenvalue weighted by Crippen LogP contribution is -2.40. The number of nitrogens with one attached hydrogen (secondary N) is 1. The SMILES string of the molecule is C=C(C)SC(=C(C)C)c1ccc2cc(-c3c(C4CCCCC4)cc(-c4cnc(C(=O)O)[nH]4)n3CC(=O)CN3CCOCC3)ccc2n1. The molecule has 0 radical (unpaired) electrons. The monoisotopic (exact) mass is 653 g/mol. The number of carboxylic acid groups (broad SMARTS) is 1. The van der Waals surface area contributed by atoms with Crippen molar-refractivity contribution in [3.63, 3.8) is 0 Å². The van der Waals surface area contributed by atoms with Crippen LogP contribution in [0.5, 0.6) is 0 Å². The van der Waals surface area contributed by atoms with Crippen molar-refractivity contribution in [1.29, 1.82) is 0 Å². The van der Waals surface area contributed by atoms with Gasteiger partial charge in [-0.1, -0.05) is 55.3 Å². The van der Waals surface area contributed by atoms with E-state index in [1.165, 1.54) is 17.6 Å². The van der Waals surface area contributed by atoms with E-state index in [4.69, 9.17) is 9.72 Å². The van der Waals surface area contributed by atoms with Crippen molar-refractivity contribution in [2.24, 2.45) is 0 Å². The smallest absolute Gasteiger partial charge is 0.371 e. The van der Waals surface area contributed by atoms with Crippen LogP contribution in [0.2, 0.25) is 0 Å². The molecule has 9 nitrogen and oxygen atoms in total. The minimum absolute atomic E-state index is 0.0922. The van der Waals surface area contributed by atoms with Gasteiger partial charge in [-0.05, 0) is 79.8 Å². The molecule has 2 fully saturated rings. The van der Waals surface area contributed by atoms with Gasteiger partial charge in [-0.3, -0.25) is 9.69 Å². The number of Topliss-reactive ketones (excluding diaryl/α,β-unsaturated/α-hetero) is 1. The number of carboxylic acids is 1. The Morgan fingerprint density at radius 1 is 1.04 bits per heavy atom. The van der Waals surface area contributed by atoms with Gasteiger partial charge in [0.2, 0.25) is 5.82 Å². The molecule has 4 heterocycles. The fourth-order valence-electron chi connectivity index (χ4n) is 6.78. The minimum Gasteiger partial charge on any atom is -0.475 e. The molecular formula is C37H43N5O4S. The number of rotatable bonds is 11. The topological polar surface area (TPSA) is 113 Å². The van der Waals surface area contributed by atoms with Gasteiger partial charge in [0.1, 0.15) is 0 Å². The largest absolute Gasteiger partial charge is 0.475 e. The predicted octanol–water partition coefficient (Wildman–Crippen LogP) is 7.76. The molecule has 246 valence electrons. The van der Waals surface area contributed by atoms with E-state index in [0.29, 0.717) is 31.4 Å². The number of aromatic amines is 1. The molecule has 0 atom stereocenters. The van der Waals surface area contributed by atoms with Gasteiger partial charge in [0, 0.05) is 23.4 Å². The Kier molecular flexibility index (Phi) is 10.1. The molecule has 0 unspecified atom stereocenters. The van der Waals surface area contributed by atoms with Gasteiger partial charge in [-0.25, -0.2) is 14.8 Å². The highest BCUT2D eigenvalue weighted by Gasteiger charge is 2.28. The maximum Gasteiger partial charge on any atom is 0.371 e. The molecule has 1 aliphatic carbocycles. The van der Waals surface area contributed by atoms with Crippen molar-refractivity contribution in [3.05, 3.63) is 76.7 Å². The minimum atomic E-state index is -1.12. The predicted molar refractivity (Wildman–Crippen MR) is 188 cm³/mol. The van der Waals surface area contributed by atoms with Gasteiger partial charge in [0.05, 0.1) is 60.8 Å². The van der Waals surface area contributed by atoms with Crippen molar-refractivity contribution < 1.29 is 19.4 Å². The fourth-order valence-corrected chi connectivity index (χ4v) is 7.55. The van der Waals surface area contributed by atoms with Crippen molar-refractivity contribution >= 4 is 39.3 Å². The molecule has 2 N–H and O–H groups in total. The number of H-pyrrole nitrogens is 1. The number of morpholine rings is 1. The molecule has 1 saturated heterocycles. The lowest BCUT2D eigenvalue weighted by molar-refractivity contribution is -0.121. The second-order valence-corrected chi connectivity index (χ2v) is 14.2. The van der Waals surface area contributed by atoms with Gasteiger partial charge in [-0.15, -0.1) is 0 Å². The van der Waals surface area contributed by atoms with Crippen LogP contribution in [0.25, 0.3) is 38.5 Å². The number of aromatic nitrogens is 4. The van der Waals surface area contributed by atoms with Crippen molar-refractivity contribution in [2.45, 2.75) is 65.3 Å². The number of nitrogens with zero attached hydrogens (tertiary/aromatic N) is 4. The summed E-state index contributed by atoms with van der Waals surface area (Å²) >= 11 is 1.64. The Hall–Kier alpha value is -3.99. The summed E-state index contributed by atoms with van der Waals surface area (Å²) in [6.07, 6.45) is 7.26. The average Bonchev–Trinajstić information content (AvgIpc) is 3.70. The second kappa shape index (κ2) is 14.4. The molecule has 10 heteroatoms.